The molecule has 1 heterocycles. The van der Waals surface area contributed by atoms with E-state index in [1.807, 2.05) is 0 Å². The van der Waals surface area contributed by atoms with Crippen LogP contribution < -0.4 is 4.74 Å². The zero-order valence-corrected chi connectivity index (χ0v) is 15.1. The van der Waals surface area contributed by atoms with Gasteiger partial charge < -0.3 is 9.64 Å². The van der Waals surface area contributed by atoms with Crippen LogP contribution in [0.15, 0.2) is 36.4 Å². The average Bonchev–Trinajstić information content (AvgIpc) is 2.54. The minimum atomic E-state index is 0. The third-order valence-corrected chi connectivity index (χ3v) is 4.84. The predicted octanol–water partition coefficient (Wildman–Crippen LogP) is 4.93. The van der Waals surface area contributed by atoms with Gasteiger partial charge in [0.2, 0.25) is 0 Å². The van der Waals surface area contributed by atoms with Crippen LogP contribution in [0.4, 0.5) is 0 Å². The third kappa shape index (κ3) is 4.62. The molecule has 1 fully saturated rings. The highest BCUT2D eigenvalue weighted by Crippen LogP contribution is 2.25. The number of nitrogens with zero attached hydrogens (tertiary/aromatic N) is 1. The van der Waals surface area contributed by atoms with E-state index in [0.717, 1.165) is 18.1 Å². The van der Waals surface area contributed by atoms with E-state index in [4.69, 9.17) is 4.74 Å². The van der Waals surface area contributed by atoms with Crippen LogP contribution in [0.25, 0.3) is 10.8 Å². The molecular formula is C20H28ClNO. The van der Waals surface area contributed by atoms with E-state index in [1.165, 1.54) is 55.2 Å². The van der Waals surface area contributed by atoms with Gasteiger partial charge in [-0.1, -0.05) is 31.2 Å². The van der Waals surface area contributed by atoms with Crippen LogP contribution in [0.5, 0.6) is 5.75 Å². The molecule has 0 amide bonds. The summed E-state index contributed by atoms with van der Waals surface area (Å²) in [5.41, 5.74) is 1.46. The quantitative estimate of drug-likeness (QED) is 0.768. The molecule has 0 saturated carbocycles. The molecule has 126 valence electrons. The first kappa shape index (κ1) is 18.1. The molecule has 0 spiro atoms. The van der Waals surface area contributed by atoms with Crippen molar-refractivity contribution in [3.8, 4) is 5.75 Å². The van der Waals surface area contributed by atoms with Gasteiger partial charge in [0.1, 0.15) is 5.75 Å². The average molecular weight is 334 g/mol. The molecule has 0 bridgehead atoms. The van der Waals surface area contributed by atoms with Gasteiger partial charge in [0.15, 0.2) is 0 Å². The van der Waals surface area contributed by atoms with Crippen LogP contribution in [0.1, 0.15) is 31.7 Å². The van der Waals surface area contributed by atoms with Gasteiger partial charge >= 0.3 is 0 Å². The Labute approximate surface area is 146 Å². The van der Waals surface area contributed by atoms with Crippen molar-refractivity contribution in [1.82, 2.24) is 4.90 Å². The zero-order valence-electron chi connectivity index (χ0n) is 14.3. The predicted molar refractivity (Wildman–Crippen MR) is 101 cm³/mol. The summed E-state index contributed by atoms with van der Waals surface area (Å²) in [6, 6.07) is 13.0. The number of piperidine rings is 1. The summed E-state index contributed by atoms with van der Waals surface area (Å²) in [7, 11) is 1.73. The summed E-state index contributed by atoms with van der Waals surface area (Å²) in [4.78, 5) is 2.64. The molecule has 2 aromatic rings. The number of likely N-dealkylation sites (tertiary alicyclic amines) is 1. The van der Waals surface area contributed by atoms with Gasteiger partial charge in [0, 0.05) is 6.54 Å². The summed E-state index contributed by atoms with van der Waals surface area (Å²) < 4.78 is 5.33. The Morgan fingerprint density at radius 2 is 2.09 bits per heavy atom. The van der Waals surface area contributed by atoms with Crippen molar-refractivity contribution in [1.29, 1.82) is 0 Å². The standard InChI is InChI=1S/C20H27NO.ClH/c1-16-6-4-12-21(15-16)13-5-9-17-7-3-8-18-14-19(22-2)10-11-20(17)18;/h3,7-8,10-11,14,16H,4-6,9,12-13,15H2,1-2H3;1H/t16-;/m1./s1. The summed E-state index contributed by atoms with van der Waals surface area (Å²) in [6.45, 7) is 6.19. The smallest absolute Gasteiger partial charge is 0.119 e. The second kappa shape index (κ2) is 8.56. The number of methoxy groups -OCH3 is 1. The van der Waals surface area contributed by atoms with E-state index < -0.39 is 0 Å². The van der Waals surface area contributed by atoms with Crippen LogP contribution in [0.2, 0.25) is 0 Å². The van der Waals surface area contributed by atoms with Crippen LogP contribution in [0.3, 0.4) is 0 Å². The van der Waals surface area contributed by atoms with Crippen molar-refractivity contribution in [2.45, 2.75) is 32.6 Å². The highest BCUT2D eigenvalue weighted by molar-refractivity contribution is 5.87. The lowest BCUT2D eigenvalue weighted by atomic mass is 9.98. The van der Waals surface area contributed by atoms with Crippen LogP contribution in [-0.4, -0.2) is 31.6 Å². The van der Waals surface area contributed by atoms with Crippen LogP contribution in [0, 0.1) is 5.92 Å². The van der Waals surface area contributed by atoms with Crippen molar-refractivity contribution >= 4 is 23.2 Å². The Balaban J connectivity index is 0.00000192. The molecule has 0 N–H and O–H groups in total. The normalized spacial score (nSPS) is 18.6. The number of hydrogen-bond donors (Lipinski definition) is 0. The minimum Gasteiger partial charge on any atom is -0.497 e. The van der Waals surface area contributed by atoms with E-state index in [0.29, 0.717) is 0 Å². The fourth-order valence-electron chi connectivity index (χ4n) is 3.66. The van der Waals surface area contributed by atoms with Crippen molar-refractivity contribution in [2.24, 2.45) is 5.92 Å². The topological polar surface area (TPSA) is 12.5 Å². The summed E-state index contributed by atoms with van der Waals surface area (Å²) in [5.74, 6) is 1.81. The molecular weight excluding hydrogens is 306 g/mol. The Morgan fingerprint density at radius 3 is 2.87 bits per heavy atom. The summed E-state index contributed by atoms with van der Waals surface area (Å²) >= 11 is 0. The molecule has 1 saturated heterocycles. The number of aryl methyl sites for hydroxylation is 1. The molecule has 1 aliphatic rings. The number of benzene rings is 2. The second-order valence-electron chi connectivity index (χ2n) is 6.66. The maximum Gasteiger partial charge on any atom is 0.119 e. The third-order valence-electron chi connectivity index (χ3n) is 4.84. The lowest BCUT2D eigenvalue weighted by Gasteiger charge is -2.30. The summed E-state index contributed by atoms with van der Waals surface area (Å²) in [6.07, 6.45) is 5.18. The zero-order chi connectivity index (χ0) is 15.4. The van der Waals surface area contributed by atoms with E-state index in [1.54, 1.807) is 7.11 Å². The molecule has 23 heavy (non-hydrogen) atoms. The molecule has 1 aliphatic heterocycles. The Kier molecular flexibility index (Phi) is 6.73. The van der Waals surface area contributed by atoms with Crippen molar-refractivity contribution < 1.29 is 4.74 Å². The SMILES string of the molecule is COc1ccc2c(CCCN3CCC[C@@H](C)C3)cccc2c1.Cl. The van der Waals surface area contributed by atoms with Crippen molar-refractivity contribution in [2.75, 3.05) is 26.7 Å². The highest BCUT2D eigenvalue weighted by atomic mass is 35.5. The Bertz CT molecular complexity index is 628. The molecule has 3 rings (SSSR count). The molecule has 0 aliphatic carbocycles. The highest BCUT2D eigenvalue weighted by Gasteiger charge is 2.15. The molecule has 0 aromatic heterocycles. The largest absolute Gasteiger partial charge is 0.497 e. The molecule has 2 nitrogen and oxygen atoms in total. The Morgan fingerprint density at radius 1 is 1.22 bits per heavy atom. The monoisotopic (exact) mass is 333 g/mol. The molecule has 0 unspecified atom stereocenters. The molecule has 2 aromatic carbocycles. The van der Waals surface area contributed by atoms with Gasteiger partial charge in [0.05, 0.1) is 7.11 Å². The molecule has 3 heteroatoms. The first-order chi connectivity index (χ1) is 10.8. The van der Waals surface area contributed by atoms with Gasteiger partial charge in [-0.25, -0.2) is 0 Å². The fourth-order valence-corrected chi connectivity index (χ4v) is 3.66. The van der Waals surface area contributed by atoms with Crippen molar-refractivity contribution in [3.63, 3.8) is 0 Å². The number of halogens is 1. The number of rotatable bonds is 5. The first-order valence-electron chi connectivity index (χ1n) is 8.54. The van der Waals surface area contributed by atoms with Crippen LogP contribution >= 0.6 is 12.4 Å². The molecule has 0 radical (unpaired) electrons. The number of ether oxygens (including phenoxy) is 1. The fraction of sp³-hybridized carbons (Fsp3) is 0.500. The van der Waals surface area contributed by atoms with Gasteiger partial charge in [0.25, 0.3) is 0 Å². The first-order valence-corrected chi connectivity index (χ1v) is 8.54. The minimum absolute atomic E-state index is 0. The summed E-state index contributed by atoms with van der Waals surface area (Å²) in [5, 5.41) is 2.65. The second-order valence-corrected chi connectivity index (χ2v) is 6.66. The van der Waals surface area contributed by atoms with E-state index >= 15 is 0 Å². The van der Waals surface area contributed by atoms with Gasteiger partial charge in [-0.05, 0) is 73.2 Å². The maximum atomic E-state index is 5.33. The lowest BCUT2D eigenvalue weighted by Crippen LogP contribution is -2.35. The Hall–Kier alpha value is -1.25. The van der Waals surface area contributed by atoms with Crippen molar-refractivity contribution in [3.05, 3.63) is 42.0 Å². The number of fused-ring (bicyclic) bond motifs is 1. The maximum absolute atomic E-state index is 5.33. The molecule has 1 atom stereocenters. The lowest BCUT2D eigenvalue weighted by molar-refractivity contribution is 0.182. The van der Waals surface area contributed by atoms with Gasteiger partial charge in [-0.15, -0.1) is 12.4 Å². The van der Waals surface area contributed by atoms with Crippen LogP contribution in [-0.2, 0) is 6.42 Å². The van der Waals surface area contributed by atoms with Gasteiger partial charge in [-0.2, -0.15) is 0 Å². The van der Waals surface area contributed by atoms with Gasteiger partial charge in [-0.3, -0.25) is 0 Å². The van der Waals surface area contributed by atoms with E-state index in [2.05, 4.69) is 48.2 Å². The van der Waals surface area contributed by atoms with E-state index in [-0.39, 0.29) is 12.4 Å². The number of hydrogen-bond acceptors (Lipinski definition) is 2. The van der Waals surface area contributed by atoms with E-state index in [9.17, 15) is 0 Å².